The van der Waals surface area contributed by atoms with Crippen molar-refractivity contribution in [2.24, 2.45) is 7.05 Å². The van der Waals surface area contributed by atoms with Gasteiger partial charge in [0.1, 0.15) is 4.60 Å². The van der Waals surface area contributed by atoms with E-state index >= 15 is 0 Å². The highest BCUT2D eigenvalue weighted by atomic mass is 79.9. The Labute approximate surface area is 117 Å². The first kappa shape index (κ1) is 11.7. The molecule has 0 aliphatic carbocycles. The Hall–Kier alpha value is -1.33. The molecule has 0 amide bonds. The Morgan fingerprint density at radius 1 is 1.33 bits per heavy atom. The Balaban J connectivity index is 2.27. The summed E-state index contributed by atoms with van der Waals surface area (Å²) >= 11 is 9.49. The summed E-state index contributed by atoms with van der Waals surface area (Å²) in [5.41, 5.74) is 1.89. The number of nitrogens with zero attached hydrogens (tertiary/aromatic N) is 4. The number of benzene rings is 1. The third-order valence-electron chi connectivity index (χ3n) is 2.84. The van der Waals surface area contributed by atoms with Crippen molar-refractivity contribution in [1.82, 2.24) is 19.2 Å². The largest absolute Gasteiger partial charge is 0.296 e. The van der Waals surface area contributed by atoms with Gasteiger partial charge in [0.25, 0.3) is 0 Å². The lowest BCUT2D eigenvalue weighted by atomic mass is 10.2. The molecule has 92 valence electrons. The van der Waals surface area contributed by atoms with Gasteiger partial charge < -0.3 is 0 Å². The summed E-state index contributed by atoms with van der Waals surface area (Å²) in [6, 6.07) is 7.63. The summed E-state index contributed by atoms with van der Waals surface area (Å²) in [7, 11) is 1.94. The van der Waals surface area contributed by atoms with E-state index in [4.69, 9.17) is 11.6 Å². The van der Waals surface area contributed by atoms with Crippen LogP contribution in [0, 0.1) is 6.92 Å². The fourth-order valence-corrected chi connectivity index (χ4v) is 2.44. The highest BCUT2D eigenvalue weighted by Crippen LogP contribution is 2.25. The average molecular weight is 326 g/mol. The fourth-order valence-electron chi connectivity index (χ4n) is 1.93. The lowest BCUT2D eigenvalue weighted by molar-refractivity contribution is 0.937. The van der Waals surface area contributed by atoms with E-state index in [1.54, 1.807) is 4.52 Å². The van der Waals surface area contributed by atoms with Crippen molar-refractivity contribution in [2.45, 2.75) is 6.92 Å². The maximum Gasteiger partial charge on any atom is 0.233 e. The number of imidazole rings is 1. The van der Waals surface area contributed by atoms with Crippen LogP contribution >= 0.6 is 27.5 Å². The Bertz CT molecular complexity index is 744. The Morgan fingerprint density at radius 2 is 2.11 bits per heavy atom. The van der Waals surface area contributed by atoms with Crippen LogP contribution in [-0.2, 0) is 7.05 Å². The van der Waals surface area contributed by atoms with E-state index in [2.05, 4.69) is 26.0 Å². The minimum Gasteiger partial charge on any atom is -0.296 e. The number of aromatic nitrogens is 4. The molecule has 0 saturated carbocycles. The molecule has 3 rings (SSSR count). The van der Waals surface area contributed by atoms with Gasteiger partial charge in [-0.15, -0.1) is 5.10 Å². The van der Waals surface area contributed by atoms with E-state index in [0.717, 1.165) is 27.5 Å². The number of hydrogen-bond donors (Lipinski definition) is 0. The maximum absolute atomic E-state index is 6.01. The van der Waals surface area contributed by atoms with Crippen molar-refractivity contribution in [2.75, 3.05) is 0 Å². The predicted octanol–water partition coefficient (Wildman–Crippen LogP) is 3.46. The van der Waals surface area contributed by atoms with Crippen molar-refractivity contribution in [3.05, 3.63) is 39.6 Å². The third-order valence-corrected chi connectivity index (χ3v) is 3.98. The van der Waals surface area contributed by atoms with Gasteiger partial charge in [0.05, 0.1) is 5.69 Å². The zero-order valence-corrected chi connectivity index (χ0v) is 12.2. The number of fused-ring (bicyclic) bond motifs is 1. The lowest BCUT2D eigenvalue weighted by Gasteiger charge is -2.00. The molecule has 2 heterocycles. The molecule has 2 aromatic heterocycles. The van der Waals surface area contributed by atoms with Crippen LogP contribution in [0.2, 0.25) is 5.02 Å². The molecule has 4 nitrogen and oxygen atoms in total. The van der Waals surface area contributed by atoms with Gasteiger partial charge in [0.15, 0.2) is 5.82 Å². The predicted molar refractivity (Wildman–Crippen MR) is 74.8 cm³/mol. The topological polar surface area (TPSA) is 35.1 Å². The summed E-state index contributed by atoms with van der Waals surface area (Å²) in [4.78, 5) is 4.46. The van der Waals surface area contributed by atoms with E-state index in [0.29, 0.717) is 5.02 Å². The first-order valence-corrected chi connectivity index (χ1v) is 6.58. The molecule has 6 heteroatoms. The molecule has 0 fully saturated rings. The summed E-state index contributed by atoms with van der Waals surface area (Å²) in [5.74, 6) is 1.63. The molecule has 0 aliphatic heterocycles. The molecular formula is C12H10BrClN4. The highest BCUT2D eigenvalue weighted by Gasteiger charge is 2.15. The Morgan fingerprint density at radius 3 is 2.78 bits per heavy atom. The second-order valence-corrected chi connectivity index (χ2v) is 5.28. The molecule has 0 bridgehead atoms. The minimum absolute atomic E-state index is 0.698. The second-order valence-electron chi connectivity index (χ2n) is 4.09. The van der Waals surface area contributed by atoms with E-state index in [9.17, 15) is 0 Å². The van der Waals surface area contributed by atoms with E-state index < -0.39 is 0 Å². The smallest absolute Gasteiger partial charge is 0.233 e. The van der Waals surface area contributed by atoms with Gasteiger partial charge in [-0.2, -0.15) is 4.52 Å². The van der Waals surface area contributed by atoms with Gasteiger partial charge in [-0.05, 0) is 35.0 Å². The molecule has 0 radical (unpaired) electrons. The molecule has 0 unspecified atom stereocenters. The van der Waals surface area contributed by atoms with Crippen LogP contribution in [0.4, 0.5) is 0 Å². The zero-order valence-electron chi connectivity index (χ0n) is 9.85. The van der Waals surface area contributed by atoms with Crippen LogP contribution in [0.15, 0.2) is 28.9 Å². The van der Waals surface area contributed by atoms with Gasteiger partial charge >= 0.3 is 0 Å². The first-order valence-electron chi connectivity index (χ1n) is 5.41. The number of hydrogen-bond acceptors (Lipinski definition) is 2. The molecule has 0 N–H and O–H groups in total. The zero-order chi connectivity index (χ0) is 12.9. The monoisotopic (exact) mass is 324 g/mol. The summed E-state index contributed by atoms with van der Waals surface area (Å²) in [6.45, 7) is 1.94. The highest BCUT2D eigenvalue weighted by molar-refractivity contribution is 9.10. The number of halogens is 2. The lowest BCUT2D eigenvalue weighted by Crippen LogP contribution is -1.93. The average Bonchev–Trinajstić information content (AvgIpc) is 2.80. The quantitative estimate of drug-likeness (QED) is 0.687. The molecule has 0 aliphatic rings. The van der Waals surface area contributed by atoms with Gasteiger partial charge in [-0.3, -0.25) is 4.57 Å². The van der Waals surface area contributed by atoms with Crippen molar-refractivity contribution in [3.63, 3.8) is 0 Å². The summed E-state index contributed by atoms with van der Waals surface area (Å²) < 4.78 is 4.61. The van der Waals surface area contributed by atoms with Gasteiger partial charge in [0.2, 0.25) is 5.78 Å². The molecule has 0 spiro atoms. The van der Waals surface area contributed by atoms with Crippen molar-refractivity contribution < 1.29 is 0 Å². The van der Waals surface area contributed by atoms with Crippen LogP contribution in [0.5, 0.6) is 0 Å². The molecule has 1 aromatic carbocycles. The van der Waals surface area contributed by atoms with Crippen LogP contribution in [-0.4, -0.2) is 19.2 Å². The van der Waals surface area contributed by atoms with Crippen molar-refractivity contribution in [1.29, 1.82) is 0 Å². The van der Waals surface area contributed by atoms with E-state index in [-0.39, 0.29) is 0 Å². The van der Waals surface area contributed by atoms with Crippen LogP contribution in [0.3, 0.4) is 0 Å². The van der Waals surface area contributed by atoms with Crippen LogP contribution in [0.25, 0.3) is 17.2 Å². The molecule has 3 aromatic rings. The molecule has 0 saturated heterocycles. The second kappa shape index (κ2) is 4.10. The van der Waals surface area contributed by atoms with Crippen molar-refractivity contribution >= 4 is 33.3 Å². The standard InChI is InChI=1S/C12H10BrClN4/c1-7-10(13)18-12(15-7)17(2)11(16-18)8-4-3-5-9(14)6-8/h3-6H,1-2H3. The first-order chi connectivity index (χ1) is 8.58. The SMILES string of the molecule is Cc1nc2n(C)c(-c3cccc(Cl)c3)nn2c1Br. The van der Waals surface area contributed by atoms with Gasteiger partial charge in [0, 0.05) is 17.6 Å². The number of rotatable bonds is 1. The van der Waals surface area contributed by atoms with E-state index in [1.807, 2.05) is 42.8 Å². The third kappa shape index (κ3) is 1.66. The van der Waals surface area contributed by atoms with Gasteiger partial charge in [-0.25, -0.2) is 4.98 Å². The van der Waals surface area contributed by atoms with E-state index in [1.165, 1.54) is 0 Å². The van der Waals surface area contributed by atoms with Crippen LogP contribution < -0.4 is 0 Å². The normalized spacial score (nSPS) is 11.3. The number of aryl methyl sites for hydroxylation is 2. The summed E-state index contributed by atoms with van der Waals surface area (Å²) in [6.07, 6.45) is 0. The molecular weight excluding hydrogens is 316 g/mol. The van der Waals surface area contributed by atoms with Crippen molar-refractivity contribution in [3.8, 4) is 11.4 Å². The Kier molecular flexibility index (Phi) is 2.68. The minimum atomic E-state index is 0.698. The molecule has 18 heavy (non-hydrogen) atoms. The summed E-state index contributed by atoms with van der Waals surface area (Å²) in [5, 5.41) is 5.25. The van der Waals surface area contributed by atoms with Gasteiger partial charge in [-0.1, -0.05) is 23.7 Å². The molecule has 0 atom stereocenters. The van der Waals surface area contributed by atoms with Crippen LogP contribution in [0.1, 0.15) is 5.69 Å². The fraction of sp³-hybridized carbons (Fsp3) is 0.167. The maximum atomic E-state index is 6.01.